The lowest BCUT2D eigenvalue weighted by Gasteiger charge is -2.43. The number of allylic oxidation sites excluding steroid dienone is 1. The number of carbonyl (C=O) groups is 1. The molecule has 0 N–H and O–H groups in total. The average molecular weight is 391 g/mol. The van der Waals surface area contributed by atoms with Crippen molar-refractivity contribution in [1.29, 1.82) is 0 Å². The molecule has 2 aliphatic heterocycles. The summed E-state index contributed by atoms with van der Waals surface area (Å²) in [6.07, 6.45) is 3.26. The first-order valence-corrected chi connectivity index (χ1v) is 11.5. The minimum absolute atomic E-state index is 0.0736. The van der Waals surface area contributed by atoms with Gasteiger partial charge in [0.15, 0.2) is 9.84 Å². The summed E-state index contributed by atoms with van der Waals surface area (Å²) in [6.45, 7) is 8.24. The fraction of sp³-hybridized carbons (Fsp3) is 0.571. The van der Waals surface area contributed by atoms with Crippen molar-refractivity contribution in [3.8, 4) is 0 Å². The maximum absolute atomic E-state index is 12.9. The molecule has 1 aromatic carbocycles. The number of sulfone groups is 1. The molecular weight excluding hydrogens is 360 g/mol. The van der Waals surface area contributed by atoms with Gasteiger partial charge in [-0.25, -0.2) is 8.42 Å². The Morgan fingerprint density at radius 3 is 2.44 bits per heavy atom. The number of hydrogen-bond acceptors (Lipinski definition) is 4. The average Bonchev–Trinajstić information content (AvgIpc) is 2.93. The van der Waals surface area contributed by atoms with Crippen LogP contribution < -0.4 is 0 Å². The predicted octanol–water partition coefficient (Wildman–Crippen LogP) is 2.20. The molecule has 2 atom stereocenters. The minimum Gasteiger partial charge on any atom is -0.336 e. The van der Waals surface area contributed by atoms with E-state index in [0.29, 0.717) is 19.4 Å². The van der Waals surface area contributed by atoms with E-state index in [1.54, 1.807) is 0 Å². The van der Waals surface area contributed by atoms with Gasteiger partial charge < -0.3 is 4.90 Å². The highest BCUT2D eigenvalue weighted by Gasteiger charge is 2.47. The fourth-order valence-corrected chi connectivity index (χ4v) is 6.02. The van der Waals surface area contributed by atoms with Crippen molar-refractivity contribution in [2.75, 3.05) is 31.1 Å². The zero-order valence-corrected chi connectivity index (χ0v) is 17.3. The van der Waals surface area contributed by atoms with Gasteiger partial charge in [0.25, 0.3) is 0 Å². The lowest BCUT2D eigenvalue weighted by molar-refractivity contribution is -0.136. The topological polar surface area (TPSA) is 57.7 Å². The number of amides is 1. The van der Waals surface area contributed by atoms with Gasteiger partial charge in [-0.3, -0.25) is 9.69 Å². The van der Waals surface area contributed by atoms with Crippen LogP contribution in [0.25, 0.3) is 0 Å². The summed E-state index contributed by atoms with van der Waals surface area (Å²) in [7, 11) is -3.09. The quantitative estimate of drug-likeness (QED) is 0.724. The Kier molecular flexibility index (Phi) is 6.06. The van der Waals surface area contributed by atoms with Gasteiger partial charge in [0, 0.05) is 32.1 Å². The molecule has 0 saturated carbocycles. The molecule has 27 heavy (non-hydrogen) atoms. The van der Waals surface area contributed by atoms with Gasteiger partial charge in [-0.1, -0.05) is 41.5 Å². The summed E-state index contributed by atoms with van der Waals surface area (Å²) in [6, 6.07) is 7.94. The molecule has 0 spiro atoms. The molecule has 0 radical (unpaired) electrons. The normalized spacial score (nSPS) is 24.5. The zero-order valence-electron chi connectivity index (χ0n) is 16.5. The van der Waals surface area contributed by atoms with Gasteiger partial charge in [0.1, 0.15) is 0 Å². The third-order valence-electron chi connectivity index (χ3n) is 5.59. The summed E-state index contributed by atoms with van der Waals surface area (Å²) in [5, 5.41) is 0. The molecule has 1 aromatic rings. The third-order valence-corrected chi connectivity index (χ3v) is 7.29. The Balaban J connectivity index is 1.68. The van der Waals surface area contributed by atoms with Crippen LogP contribution in [0.4, 0.5) is 0 Å². The van der Waals surface area contributed by atoms with Crippen molar-refractivity contribution in [1.82, 2.24) is 9.80 Å². The number of carbonyl (C=O) groups excluding carboxylic acids is 1. The molecule has 2 saturated heterocycles. The number of aryl methyl sites for hydroxylation is 2. The van der Waals surface area contributed by atoms with E-state index in [-0.39, 0.29) is 29.5 Å². The molecule has 0 aliphatic carbocycles. The van der Waals surface area contributed by atoms with Crippen LogP contribution in [-0.4, -0.2) is 67.3 Å². The van der Waals surface area contributed by atoms with Gasteiger partial charge in [0.05, 0.1) is 17.5 Å². The lowest BCUT2D eigenvalue weighted by Crippen LogP contribution is -2.60. The van der Waals surface area contributed by atoms with Crippen molar-refractivity contribution in [2.45, 2.75) is 45.7 Å². The SMILES string of the molecule is CC(C)=CCN1CCN(C(=O)CCc2ccc(C)cc2)[C@@H]2CS(=O)(=O)C[C@@H]21. The number of rotatable bonds is 5. The first-order valence-electron chi connectivity index (χ1n) is 9.68. The van der Waals surface area contributed by atoms with Crippen LogP contribution in [0.2, 0.25) is 0 Å². The largest absolute Gasteiger partial charge is 0.336 e. The van der Waals surface area contributed by atoms with E-state index in [4.69, 9.17) is 0 Å². The van der Waals surface area contributed by atoms with Gasteiger partial charge in [0.2, 0.25) is 5.91 Å². The number of fused-ring (bicyclic) bond motifs is 1. The smallest absolute Gasteiger partial charge is 0.223 e. The Labute approximate surface area is 163 Å². The van der Waals surface area contributed by atoms with Crippen LogP contribution >= 0.6 is 0 Å². The molecule has 6 heteroatoms. The van der Waals surface area contributed by atoms with Crippen molar-refractivity contribution in [3.05, 3.63) is 47.0 Å². The second-order valence-corrected chi connectivity index (χ2v) is 10.2. The number of nitrogens with zero attached hydrogens (tertiary/aromatic N) is 2. The van der Waals surface area contributed by atoms with E-state index >= 15 is 0 Å². The summed E-state index contributed by atoms with van der Waals surface area (Å²) >= 11 is 0. The maximum atomic E-state index is 12.9. The van der Waals surface area contributed by atoms with E-state index in [0.717, 1.165) is 18.7 Å². The molecule has 5 nitrogen and oxygen atoms in total. The van der Waals surface area contributed by atoms with Gasteiger partial charge in [-0.05, 0) is 32.8 Å². The zero-order chi connectivity index (χ0) is 19.6. The monoisotopic (exact) mass is 390 g/mol. The van der Waals surface area contributed by atoms with E-state index in [2.05, 4.69) is 35.2 Å². The molecule has 148 valence electrons. The molecule has 2 fully saturated rings. The first kappa shape index (κ1) is 20.1. The van der Waals surface area contributed by atoms with Crippen molar-refractivity contribution in [2.24, 2.45) is 0 Å². The predicted molar refractivity (Wildman–Crippen MR) is 108 cm³/mol. The minimum atomic E-state index is -3.09. The highest BCUT2D eigenvalue weighted by atomic mass is 32.2. The van der Waals surface area contributed by atoms with Crippen LogP contribution in [-0.2, 0) is 21.1 Å². The highest BCUT2D eigenvalue weighted by molar-refractivity contribution is 7.91. The molecule has 2 heterocycles. The third kappa shape index (κ3) is 4.99. The van der Waals surface area contributed by atoms with Crippen LogP contribution in [0, 0.1) is 6.92 Å². The van der Waals surface area contributed by atoms with Crippen LogP contribution in [0.15, 0.2) is 35.9 Å². The molecular formula is C21H30N2O3S. The molecule has 1 amide bonds. The second kappa shape index (κ2) is 8.15. The van der Waals surface area contributed by atoms with Gasteiger partial charge in [-0.2, -0.15) is 0 Å². The summed E-state index contributed by atoms with van der Waals surface area (Å²) < 4.78 is 24.6. The fourth-order valence-electron chi connectivity index (χ4n) is 4.01. The summed E-state index contributed by atoms with van der Waals surface area (Å²) in [5.41, 5.74) is 3.58. The van der Waals surface area contributed by atoms with E-state index < -0.39 is 9.84 Å². The van der Waals surface area contributed by atoms with E-state index in [1.165, 1.54) is 11.1 Å². The van der Waals surface area contributed by atoms with Crippen molar-refractivity contribution >= 4 is 15.7 Å². The van der Waals surface area contributed by atoms with E-state index in [1.807, 2.05) is 25.7 Å². The van der Waals surface area contributed by atoms with Crippen LogP contribution in [0.3, 0.4) is 0 Å². The van der Waals surface area contributed by atoms with Crippen molar-refractivity contribution < 1.29 is 13.2 Å². The Morgan fingerprint density at radius 1 is 1.11 bits per heavy atom. The van der Waals surface area contributed by atoms with Gasteiger partial charge in [-0.15, -0.1) is 0 Å². The van der Waals surface area contributed by atoms with Crippen LogP contribution in [0.1, 0.15) is 31.4 Å². The first-order chi connectivity index (χ1) is 12.7. The molecule has 3 rings (SSSR count). The highest BCUT2D eigenvalue weighted by Crippen LogP contribution is 2.27. The standard InChI is InChI=1S/C21H30N2O3S/c1-16(2)10-11-22-12-13-23(20-15-27(25,26)14-19(20)22)21(24)9-8-18-6-4-17(3)5-7-18/h4-7,10,19-20H,8-9,11-15H2,1-3H3/t19-,20+/m0/s1. The maximum Gasteiger partial charge on any atom is 0.223 e. The molecule has 0 unspecified atom stereocenters. The number of hydrogen-bond donors (Lipinski definition) is 0. The van der Waals surface area contributed by atoms with Gasteiger partial charge >= 0.3 is 0 Å². The second-order valence-electron chi connectivity index (χ2n) is 8.06. The molecule has 0 bridgehead atoms. The molecule has 0 aromatic heterocycles. The van der Waals surface area contributed by atoms with E-state index in [9.17, 15) is 13.2 Å². The van der Waals surface area contributed by atoms with Crippen molar-refractivity contribution in [3.63, 3.8) is 0 Å². The number of benzene rings is 1. The Morgan fingerprint density at radius 2 is 1.78 bits per heavy atom. The summed E-state index contributed by atoms with van der Waals surface area (Å²) in [5.74, 6) is 0.333. The summed E-state index contributed by atoms with van der Waals surface area (Å²) in [4.78, 5) is 16.9. The van der Waals surface area contributed by atoms with Crippen LogP contribution in [0.5, 0.6) is 0 Å². The lowest BCUT2D eigenvalue weighted by atomic mass is 10.0. The Bertz CT molecular complexity index is 810. The number of piperazine rings is 1. The Hall–Kier alpha value is -1.66. The molecule has 2 aliphatic rings.